The molecular weight excluding hydrogens is 216 g/mol. The van der Waals surface area contributed by atoms with Crippen molar-refractivity contribution in [3.63, 3.8) is 0 Å². The number of hydrogen-bond acceptors (Lipinski definition) is 0. The fourth-order valence-electron chi connectivity index (χ4n) is 3.24. The molecule has 0 amide bonds. The monoisotopic (exact) mass is 243 g/mol. The lowest BCUT2D eigenvalue weighted by atomic mass is 9.81. The molecule has 0 aliphatic heterocycles. The van der Waals surface area contributed by atoms with E-state index in [4.69, 9.17) is 0 Å². The fraction of sp³-hybridized carbons (Fsp3) is 0.611. The molecular formula is C18H27. The van der Waals surface area contributed by atoms with E-state index < -0.39 is 0 Å². The summed E-state index contributed by atoms with van der Waals surface area (Å²) in [7, 11) is 0. The van der Waals surface area contributed by atoms with Crippen molar-refractivity contribution in [1.29, 1.82) is 0 Å². The van der Waals surface area contributed by atoms with E-state index >= 15 is 0 Å². The van der Waals surface area contributed by atoms with Gasteiger partial charge in [0.05, 0.1) is 0 Å². The lowest BCUT2D eigenvalue weighted by Crippen LogP contribution is -2.07. The van der Waals surface area contributed by atoms with Crippen LogP contribution in [0, 0.1) is 6.92 Å². The normalized spacial score (nSPS) is 16.9. The molecule has 1 aliphatic rings. The molecule has 0 unspecified atom stereocenters. The Kier molecular flexibility index (Phi) is 5.77. The number of unbranched alkanes of at least 4 members (excludes halogenated alkanes) is 3. The van der Waals surface area contributed by atoms with E-state index in [-0.39, 0.29) is 0 Å². The Morgan fingerprint density at radius 2 is 1.72 bits per heavy atom. The Labute approximate surface area is 113 Å². The van der Waals surface area contributed by atoms with Gasteiger partial charge in [0, 0.05) is 0 Å². The lowest BCUT2D eigenvalue weighted by molar-refractivity contribution is 0.441. The van der Waals surface area contributed by atoms with Crippen molar-refractivity contribution in [2.75, 3.05) is 0 Å². The van der Waals surface area contributed by atoms with E-state index in [0.717, 1.165) is 12.3 Å². The third kappa shape index (κ3) is 3.86. The minimum Gasteiger partial charge on any atom is -0.0620 e. The van der Waals surface area contributed by atoms with Crippen LogP contribution in [0.5, 0.6) is 0 Å². The van der Waals surface area contributed by atoms with Gasteiger partial charge in [0.25, 0.3) is 0 Å². The average Bonchev–Trinajstić information content (AvgIpc) is 2.45. The first-order valence-electron chi connectivity index (χ1n) is 7.79. The van der Waals surface area contributed by atoms with Gasteiger partial charge in [0.2, 0.25) is 0 Å². The van der Waals surface area contributed by atoms with Crippen molar-refractivity contribution in [2.45, 2.75) is 70.1 Å². The third-order valence-corrected chi connectivity index (χ3v) is 4.30. The van der Waals surface area contributed by atoms with E-state index in [1.165, 1.54) is 57.8 Å². The predicted octanol–water partition coefficient (Wildman–Crippen LogP) is 5.67. The maximum absolute atomic E-state index is 3.92. The van der Waals surface area contributed by atoms with Crippen LogP contribution < -0.4 is 0 Å². The van der Waals surface area contributed by atoms with Crippen LogP contribution >= 0.6 is 0 Å². The molecule has 0 aromatic heterocycles. The zero-order chi connectivity index (χ0) is 12.6. The van der Waals surface area contributed by atoms with Crippen molar-refractivity contribution in [1.82, 2.24) is 0 Å². The van der Waals surface area contributed by atoms with Crippen molar-refractivity contribution in [2.24, 2.45) is 0 Å². The topological polar surface area (TPSA) is 0 Å². The van der Waals surface area contributed by atoms with Gasteiger partial charge in [0.15, 0.2) is 0 Å². The summed E-state index contributed by atoms with van der Waals surface area (Å²) in [6.07, 6.45) is 13.4. The van der Waals surface area contributed by atoms with Crippen LogP contribution in [0.3, 0.4) is 0 Å². The molecule has 18 heavy (non-hydrogen) atoms. The molecule has 0 saturated heterocycles. The first kappa shape index (κ1) is 13.6. The highest BCUT2D eigenvalue weighted by molar-refractivity contribution is 5.30. The molecule has 0 spiro atoms. The van der Waals surface area contributed by atoms with Gasteiger partial charge in [-0.3, -0.25) is 0 Å². The first-order valence-corrected chi connectivity index (χ1v) is 7.79. The highest BCUT2D eigenvalue weighted by Crippen LogP contribution is 2.34. The predicted molar refractivity (Wildman–Crippen MR) is 79.8 cm³/mol. The van der Waals surface area contributed by atoms with Gasteiger partial charge in [-0.1, -0.05) is 69.7 Å². The number of hydrogen-bond donors (Lipinski definition) is 0. The van der Waals surface area contributed by atoms with Crippen LogP contribution in [0.15, 0.2) is 24.3 Å². The van der Waals surface area contributed by atoms with Crippen LogP contribution in [0.25, 0.3) is 0 Å². The maximum atomic E-state index is 3.92. The van der Waals surface area contributed by atoms with Crippen molar-refractivity contribution in [3.8, 4) is 0 Å². The van der Waals surface area contributed by atoms with Gasteiger partial charge in [-0.05, 0) is 42.7 Å². The summed E-state index contributed by atoms with van der Waals surface area (Å²) in [6.45, 7) is 3.92. The van der Waals surface area contributed by atoms with Crippen LogP contribution in [0.4, 0.5) is 0 Å². The summed E-state index contributed by atoms with van der Waals surface area (Å²) in [5.74, 6) is 0.850. The molecule has 1 radical (unpaired) electrons. The Morgan fingerprint density at radius 1 is 0.944 bits per heavy atom. The zero-order valence-corrected chi connectivity index (χ0v) is 11.7. The second-order valence-electron chi connectivity index (χ2n) is 5.70. The van der Waals surface area contributed by atoms with Gasteiger partial charge in [0.1, 0.15) is 0 Å². The molecule has 1 fully saturated rings. The highest BCUT2D eigenvalue weighted by Gasteiger charge is 2.17. The summed E-state index contributed by atoms with van der Waals surface area (Å²) in [5, 5.41) is 0. The minimum atomic E-state index is 0.850. The SMILES string of the molecule is [CH2]CCCCCc1ccccc1C1CCCCC1. The maximum Gasteiger partial charge on any atom is -0.0159 e. The smallest absolute Gasteiger partial charge is 0.0159 e. The van der Waals surface area contributed by atoms with Crippen molar-refractivity contribution < 1.29 is 0 Å². The zero-order valence-electron chi connectivity index (χ0n) is 11.7. The van der Waals surface area contributed by atoms with Gasteiger partial charge < -0.3 is 0 Å². The summed E-state index contributed by atoms with van der Waals surface area (Å²) in [6, 6.07) is 9.17. The summed E-state index contributed by atoms with van der Waals surface area (Å²) < 4.78 is 0. The first-order chi connectivity index (χ1) is 8.92. The van der Waals surface area contributed by atoms with Gasteiger partial charge >= 0.3 is 0 Å². The van der Waals surface area contributed by atoms with Crippen LogP contribution in [-0.2, 0) is 6.42 Å². The van der Waals surface area contributed by atoms with Crippen molar-refractivity contribution in [3.05, 3.63) is 42.3 Å². The quantitative estimate of drug-likeness (QED) is 0.565. The van der Waals surface area contributed by atoms with Crippen molar-refractivity contribution >= 4 is 0 Å². The number of benzene rings is 1. The lowest BCUT2D eigenvalue weighted by Gasteiger charge is -2.24. The van der Waals surface area contributed by atoms with Crippen LogP contribution in [0.1, 0.15) is 74.8 Å². The summed E-state index contributed by atoms with van der Waals surface area (Å²) in [5.41, 5.74) is 3.28. The summed E-state index contributed by atoms with van der Waals surface area (Å²) >= 11 is 0. The third-order valence-electron chi connectivity index (χ3n) is 4.30. The molecule has 0 nitrogen and oxygen atoms in total. The van der Waals surface area contributed by atoms with E-state index in [2.05, 4.69) is 31.2 Å². The van der Waals surface area contributed by atoms with Crippen LogP contribution in [-0.4, -0.2) is 0 Å². The molecule has 0 bridgehead atoms. The van der Waals surface area contributed by atoms with Gasteiger partial charge in [-0.15, -0.1) is 0 Å². The number of rotatable bonds is 6. The average molecular weight is 243 g/mol. The second kappa shape index (κ2) is 7.61. The van der Waals surface area contributed by atoms with Gasteiger partial charge in [-0.25, -0.2) is 0 Å². The number of aryl methyl sites for hydroxylation is 1. The molecule has 0 heteroatoms. The summed E-state index contributed by atoms with van der Waals surface area (Å²) in [4.78, 5) is 0. The molecule has 1 aliphatic carbocycles. The largest absolute Gasteiger partial charge is 0.0620 e. The standard InChI is InChI=1S/C18H27/c1-2-3-4-6-11-17-14-9-10-15-18(17)16-12-7-5-8-13-16/h9-10,14-16H,1-8,11-13H2. The Balaban J connectivity index is 1.96. The van der Waals surface area contributed by atoms with E-state index in [1.54, 1.807) is 11.1 Å². The second-order valence-corrected chi connectivity index (χ2v) is 5.70. The fourth-order valence-corrected chi connectivity index (χ4v) is 3.24. The molecule has 1 saturated carbocycles. The Hall–Kier alpha value is -0.780. The molecule has 2 rings (SSSR count). The Morgan fingerprint density at radius 3 is 2.50 bits per heavy atom. The Bertz CT molecular complexity index is 334. The molecule has 0 atom stereocenters. The molecule has 99 valence electrons. The van der Waals surface area contributed by atoms with Crippen LogP contribution in [0.2, 0.25) is 0 Å². The van der Waals surface area contributed by atoms with E-state index in [9.17, 15) is 0 Å². The molecule has 1 aromatic carbocycles. The molecule has 1 aromatic rings. The molecule has 0 N–H and O–H groups in total. The molecule has 0 heterocycles. The van der Waals surface area contributed by atoms with Gasteiger partial charge in [-0.2, -0.15) is 0 Å². The minimum absolute atomic E-state index is 0.850. The highest BCUT2D eigenvalue weighted by atomic mass is 14.2. The van der Waals surface area contributed by atoms with E-state index in [0.29, 0.717) is 0 Å². The van der Waals surface area contributed by atoms with E-state index in [1.807, 2.05) is 0 Å².